The fraction of sp³-hybridized carbons (Fsp3) is 0.407. The van der Waals surface area contributed by atoms with Gasteiger partial charge in [-0.2, -0.15) is 23.4 Å². The maximum absolute atomic E-state index is 14.0. The van der Waals surface area contributed by atoms with Gasteiger partial charge in [0.25, 0.3) is 0 Å². The third kappa shape index (κ3) is 6.07. The molecule has 1 unspecified atom stereocenters. The number of nitrogens with one attached hydrogen (secondary N) is 1. The first kappa shape index (κ1) is 30.1. The molecule has 228 valence electrons. The van der Waals surface area contributed by atoms with Crippen LogP contribution in [0.25, 0.3) is 28.2 Å². The Hall–Kier alpha value is -4.41. The number of methoxy groups -OCH3 is 1. The van der Waals surface area contributed by atoms with Gasteiger partial charge in [0.2, 0.25) is 0 Å². The molecule has 1 N–H and O–H groups in total. The lowest BCUT2D eigenvalue weighted by Crippen LogP contribution is -2.55. The largest absolute Gasteiger partial charge is 0.497 e. The number of urea groups is 1. The number of anilines is 1. The number of rotatable bonds is 11. The van der Waals surface area contributed by atoms with Crippen LogP contribution in [-0.2, 0) is 19.1 Å². The Labute approximate surface area is 243 Å². The number of hydrogen-bond donors (Lipinski definition) is 1. The summed E-state index contributed by atoms with van der Waals surface area (Å²) in [6.45, 7) is 3.33. The molecule has 0 saturated carbocycles. The van der Waals surface area contributed by atoms with E-state index in [1.165, 1.54) is 22.9 Å². The molecule has 1 aliphatic heterocycles. The van der Waals surface area contributed by atoms with Crippen molar-refractivity contribution in [3.05, 3.63) is 49.1 Å². The van der Waals surface area contributed by atoms with Crippen LogP contribution in [-0.4, -0.2) is 98.7 Å². The number of halogens is 3. The normalized spacial score (nSPS) is 19.1. The van der Waals surface area contributed by atoms with Crippen LogP contribution in [0.3, 0.4) is 0 Å². The smallest absolute Gasteiger partial charge is 0.382 e. The van der Waals surface area contributed by atoms with E-state index in [0.717, 1.165) is 11.1 Å². The summed E-state index contributed by atoms with van der Waals surface area (Å²) in [6.07, 6.45) is -0.646. The minimum atomic E-state index is -5.30. The van der Waals surface area contributed by atoms with Crippen LogP contribution < -0.4 is 4.90 Å². The quantitative estimate of drug-likeness (QED) is 0.201. The maximum Gasteiger partial charge on any atom is 0.497 e. The van der Waals surface area contributed by atoms with Crippen LogP contribution in [0.1, 0.15) is 13.8 Å². The van der Waals surface area contributed by atoms with Gasteiger partial charge >= 0.3 is 18.2 Å². The molecule has 16 heteroatoms. The van der Waals surface area contributed by atoms with Crippen molar-refractivity contribution in [2.45, 2.75) is 26.1 Å². The predicted octanol–water partition coefficient (Wildman–Crippen LogP) is 3.65. The van der Waals surface area contributed by atoms with E-state index in [-0.39, 0.29) is 44.6 Å². The molecule has 1 aliphatic rings. The van der Waals surface area contributed by atoms with E-state index >= 15 is 0 Å². The van der Waals surface area contributed by atoms with Gasteiger partial charge in [0, 0.05) is 24.4 Å². The van der Waals surface area contributed by atoms with Crippen molar-refractivity contribution in [3.63, 3.8) is 0 Å². The number of aromatic amines is 1. The van der Waals surface area contributed by atoms with Gasteiger partial charge < -0.3 is 9.47 Å². The molecule has 0 bridgehead atoms. The van der Waals surface area contributed by atoms with E-state index in [9.17, 15) is 22.8 Å². The molecule has 43 heavy (non-hydrogen) atoms. The Kier molecular flexibility index (Phi) is 8.43. The number of hydrogen-bond acceptors (Lipinski definition) is 9. The van der Waals surface area contributed by atoms with Crippen molar-refractivity contribution in [2.75, 3.05) is 44.9 Å². The average Bonchev–Trinajstić information content (AvgIpc) is 3.71. The van der Waals surface area contributed by atoms with Crippen molar-refractivity contribution in [2.24, 2.45) is 5.92 Å². The van der Waals surface area contributed by atoms with Crippen LogP contribution >= 0.6 is 0 Å². The van der Waals surface area contributed by atoms with E-state index < -0.39 is 28.9 Å². The Morgan fingerprint density at radius 2 is 1.88 bits per heavy atom. The Morgan fingerprint density at radius 1 is 1.14 bits per heavy atom. The van der Waals surface area contributed by atoms with Crippen LogP contribution in [0.2, 0.25) is 0 Å². The number of ether oxygens (including phenoxy) is 2. The van der Waals surface area contributed by atoms with Gasteiger partial charge in [-0.15, -0.1) is 0 Å². The number of nitrogens with zero attached hydrogens (tertiary/aromatic N) is 7. The minimum absolute atomic E-state index is 0.150. The predicted molar refractivity (Wildman–Crippen MR) is 145 cm³/mol. The fourth-order valence-corrected chi connectivity index (χ4v) is 4.90. The number of hydroxylamine groups is 3. The number of aromatic nitrogens is 6. The number of H-pyrrole nitrogens is 1. The molecule has 0 radical (unpaired) electrons. The number of alkyl halides is 3. The number of carbonyl (C=O) groups is 2. The highest BCUT2D eigenvalue weighted by atomic mass is 19.4. The zero-order valence-electron chi connectivity index (χ0n) is 23.6. The van der Waals surface area contributed by atoms with Crippen molar-refractivity contribution < 1.29 is 41.7 Å². The summed E-state index contributed by atoms with van der Waals surface area (Å²) in [7, 11) is 1.47. The van der Waals surface area contributed by atoms with Crippen molar-refractivity contribution in [3.8, 4) is 22.5 Å². The van der Waals surface area contributed by atoms with E-state index in [0.29, 0.717) is 17.0 Å². The highest BCUT2D eigenvalue weighted by Gasteiger charge is 2.60. The molecular formula is C27H30F3N8O5+. The molecule has 4 heterocycles. The van der Waals surface area contributed by atoms with Gasteiger partial charge in [0.15, 0.2) is 18.0 Å². The second kappa shape index (κ2) is 12.1. The number of benzene rings is 1. The molecule has 1 saturated heterocycles. The molecular weight excluding hydrogens is 573 g/mol. The zero-order chi connectivity index (χ0) is 30.8. The van der Waals surface area contributed by atoms with Gasteiger partial charge in [-0.25, -0.2) is 29.0 Å². The van der Waals surface area contributed by atoms with Crippen molar-refractivity contribution in [1.82, 2.24) is 29.8 Å². The topological polar surface area (TPSA) is 137 Å². The first-order valence-electron chi connectivity index (χ1n) is 13.4. The van der Waals surface area contributed by atoms with E-state index in [2.05, 4.69) is 20.3 Å². The second-order valence-electron chi connectivity index (χ2n) is 10.3. The van der Waals surface area contributed by atoms with Crippen LogP contribution in [0.4, 0.5) is 23.8 Å². The molecule has 1 aromatic carbocycles. The van der Waals surface area contributed by atoms with Crippen LogP contribution in [0, 0.1) is 5.92 Å². The molecule has 2 atom stereocenters. The average molecular weight is 604 g/mol. The SMILES string of the molecule is COCCOCC[N+]1(OC(=O)C(F)(F)F)C[C@H](C(C)C)N(c2ccn3ncc(-c4ccc(-c5ncn[nH]5)cc4)c3n2)C1=O. The minimum Gasteiger partial charge on any atom is -0.382 e. The number of amides is 2. The summed E-state index contributed by atoms with van der Waals surface area (Å²) in [5, 5.41) is 11.0. The van der Waals surface area contributed by atoms with Crippen LogP contribution in [0.15, 0.2) is 49.1 Å². The van der Waals surface area contributed by atoms with Crippen molar-refractivity contribution >= 4 is 23.5 Å². The van der Waals surface area contributed by atoms with Gasteiger partial charge in [0.1, 0.15) is 25.3 Å². The molecule has 13 nitrogen and oxygen atoms in total. The van der Waals surface area contributed by atoms with Gasteiger partial charge in [-0.3, -0.25) is 9.94 Å². The highest BCUT2D eigenvalue weighted by molar-refractivity contribution is 5.90. The summed E-state index contributed by atoms with van der Waals surface area (Å²) in [6, 6.07) is 7.49. The first-order valence-corrected chi connectivity index (χ1v) is 13.4. The number of quaternary nitrogens is 1. The summed E-state index contributed by atoms with van der Waals surface area (Å²) in [4.78, 5) is 41.1. The molecule has 0 spiro atoms. The number of carbonyl (C=O) groups excluding carboxylic acids is 2. The Bertz CT molecular complexity index is 1580. The standard InChI is InChI=1S/C27H30F3N8O5/c1-17(2)21-15-38(10-11-42-13-12-41-3,43-25(39)27(28,29)30)26(40)37(21)22-8-9-36-24(34-22)20(14-33-36)18-4-6-19(7-5-18)23-31-16-32-35-23/h4-9,14,16-17,21H,10-13,15H2,1-3H3,(H,31,32,35)/q+1/t21-,38?/m1/s1. The van der Waals surface area contributed by atoms with Crippen LogP contribution in [0.5, 0.6) is 0 Å². The molecule has 0 aliphatic carbocycles. The molecule has 1 fully saturated rings. The first-order chi connectivity index (χ1) is 20.5. The van der Waals surface area contributed by atoms with E-state index in [4.69, 9.17) is 19.3 Å². The third-order valence-corrected chi connectivity index (χ3v) is 7.14. The monoisotopic (exact) mass is 603 g/mol. The number of fused-ring (bicyclic) bond motifs is 1. The fourth-order valence-electron chi connectivity index (χ4n) is 4.90. The summed E-state index contributed by atoms with van der Waals surface area (Å²) < 4.78 is 50.6. The third-order valence-electron chi connectivity index (χ3n) is 7.14. The summed E-state index contributed by atoms with van der Waals surface area (Å²) in [5.74, 6) is -1.90. The lowest BCUT2D eigenvalue weighted by Gasteiger charge is -2.27. The maximum atomic E-state index is 14.0. The Morgan fingerprint density at radius 3 is 2.53 bits per heavy atom. The lowest BCUT2D eigenvalue weighted by molar-refractivity contribution is -1.02. The molecule has 2 amide bonds. The van der Waals surface area contributed by atoms with E-state index in [1.807, 2.05) is 38.1 Å². The molecule has 3 aromatic heterocycles. The molecule has 5 rings (SSSR count). The highest BCUT2D eigenvalue weighted by Crippen LogP contribution is 2.36. The summed E-state index contributed by atoms with van der Waals surface area (Å²) in [5.41, 5.74) is 2.69. The summed E-state index contributed by atoms with van der Waals surface area (Å²) >= 11 is 0. The Balaban J connectivity index is 1.50. The molecule has 4 aromatic rings. The lowest BCUT2D eigenvalue weighted by atomic mass is 10.0. The van der Waals surface area contributed by atoms with Gasteiger partial charge in [-0.1, -0.05) is 38.1 Å². The zero-order valence-corrected chi connectivity index (χ0v) is 23.6. The van der Waals surface area contributed by atoms with Gasteiger partial charge in [-0.05, 0) is 22.2 Å². The van der Waals surface area contributed by atoms with E-state index in [1.54, 1.807) is 18.5 Å². The van der Waals surface area contributed by atoms with Crippen molar-refractivity contribution in [1.29, 1.82) is 0 Å². The van der Waals surface area contributed by atoms with Gasteiger partial charge in [0.05, 0.1) is 25.5 Å². The second-order valence-corrected chi connectivity index (χ2v) is 10.3.